The van der Waals surface area contributed by atoms with Crippen molar-refractivity contribution in [2.75, 3.05) is 6.61 Å². The third kappa shape index (κ3) is 9.37. The maximum atomic E-state index is 13.0. The molecule has 0 fully saturated rings. The van der Waals surface area contributed by atoms with Crippen LogP contribution in [-0.4, -0.2) is 36.6 Å². The van der Waals surface area contributed by atoms with E-state index in [0.717, 1.165) is 25.7 Å². The summed E-state index contributed by atoms with van der Waals surface area (Å²) < 4.78 is 67.7. The second-order valence-corrected chi connectivity index (χ2v) is 6.91. The van der Waals surface area contributed by atoms with Gasteiger partial charge < -0.3 is 10.1 Å². The Kier molecular flexibility index (Phi) is 11.5. The van der Waals surface area contributed by atoms with Crippen LogP contribution in [0.25, 0.3) is 0 Å². The molecule has 0 aromatic carbocycles. The van der Waals surface area contributed by atoms with Gasteiger partial charge in [-0.3, -0.25) is 4.79 Å². The summed E-state index contributed by atoms with van der Waals surface area (Å²) in [6.45, 7) is 4.98. The molecule has 1 N–H and O–H groups in total. The Bertz CT molecular complexity index is 453. The van der Waals surface area contributed by atoms with Gasteiger partial charge in [0, 0.05) is 0 Å². The molecule has 0 aromatic rings. The number of hydrogen-bond donors (Lipinski definition) is 1. The highest BCUT2D eigenvalue weighted by Crippen LogP contribution is 2.35. The first-order valence-corrected chi connectivity index (χ1v) is 9.37. The van der Waals surface area contributed by atoms with Gasteiger partial charge in [0.25, 0.3) is 0 Å². The molecular formula is C18H30F5NO3. The van der Waals surface area contributed by atoms with Crippen LogP contribution in [0.3, 0.4) is 0 Å². The monoisotopic (exact) mass is 403 g/mol. The fraction of sp³-hybridized carbons (Fsp3) is 0.889. The molecule has 1 atom stereocenters. The lowest BCUT2D eigenvalue weighted by molar-refractivity contribution is -0.270. The first kappa shape index (κ1) is 25.6. The predicted molar refractivity (Wildman–Crippen MR) is 91.3 cm³/mol. The van der Waals surface area contributed by atoms with Crippen molar-refractivity contribution in [1.82, 2.24) is 5.32 Å². The molecule has 27 heavy (non-hydrogen) atoms. The van der Waals surface area contributed by atoms with E-state index in [1.165, 1.54) is 38.4 Å². The number of halogens is 5. The lowest BCUT2D eigenvalue weighted by Gasteiger charge is -2.24. The van der Waals surface area contributed by atoms with Gasteiger partial charge in [0.15, 0.2) is 0 Å². The highest BCUT2D eigenvalue weighted by atomic mass is 19.4. The van der Waals surface area contributed by atoms with Crippen molar-refractivity contribution in [3.05, 3.63) is 0 Å². The summed E-state index contributed by atoms with van der Waals surface area (Å²) >= 11 is 0. The zero-order valence-electron chi connectivity index (χ0n) is 16.1. The number of rotatable bonds is 13. The number of ether oxygens (including phenoxy) is 1. The molecule has 0 bridgehead atoms. The molecule has 0 spiro atoms. The molecule has 0 aliphatic carbocycles. The molecule has 0 saturated heterocycles. The molecule has 9 heteroatoms. The number of alkyl halides is 5. The van der Waals surface area contributed by atoms with Crippen molar-refractivity contribution in [2.45, 2.75) is 90.3 Å². The van der Waals surface area contributed by atoms with E-state index in [4.69, 9.17) is 4.74 Å². The first-order valence-electron chi connectivity index (χ1n) is 9.37. The molecular weight excluding hydrogens is 373 g/mol. The Morgan fingerprint density at radius 3 is 1.81 bits per heavy atom. The van der Waals surface area contributed by atoms with Crippen molar-refractivity contribution in [3.8, 4) is 0 Å². The Morgan fingerprint density at radius 2 is 1.37 bits per heavy atom. The minimum absolute atomic E-state index is 0.0303. The van der Waals surface area contributed by atoms with Crippen LogP contribution < -0.4 is 5.32 Å². The molecule has 4 nitrogen and oxygen atoms in total. The Morgan fingerprint density at radius 1 is 0.889 bits per heavy atom. The predicted octanol–water partition coefficient (Wildman–Crippen LogP) is 5.01. The van der Waals surface area contributed by atoms with Gasteiger partial charge in [0.1, 0.15) is 6.04 Å². The molecule has 0 aliphatic heterocycles. The van der Waals surface area contributed by atoms with Crippen LogP contribution in [0.1, 0.15) is 72.1 Å². The van der Waals surface area contributed by atoms with Crippen LogP contribution in [0.5, 0.6) is 0 Å². The van der Waals surface area contributed by atoms with E-state index in [1.807, 2.05) is 0 Å². The zero-order valence-corrected chi connectivity index (χ0v) is 16.1. The molecule has 0 aromatic heterocycles. The van der Waals surface area contributed by atoms with Crippen LogP contribution in [0.4, 0.5) is 22.0 Å². The molecule has 160 valence electrons. The van der Waals surface area contributed by atoms with E-state index in [2.05, 4.69) is 6.92 Å². The van der Waals surface area contributed by atoms with Gasteiger partial charge >= 0.3 is 24.0 Å². The molecule has 0 rings (SSSR count). The van der Waals surface area contributed by atoms with Crippen molar-refractivity contribution in [2.24, 2.45) is 5.92 Å². The van der Waals surface area contributed by atoms with Crippen molar-refractivity contribution < 1.29 is 36.3 Å². The van der Waals surface area contributed by atoms with E-state index < -0.39 is 35.9 Å². The number of amides is 1. The first-order chi connectivity index (χ1) is 12.4. The van der Waals surface area contributed by atoms with Gasteiger partial charge in [-0.05, 0) is 12.3 Å². The van der Waals surface area contributed by atoms with Crippen LogP contribution >= 0.6 is 0 Å². The lowest BCUT2D eigenvalue weighted by Crippen LogP contribution is -2.56. The van der Waals surface area contributed by atoms with Gasteiger partial charge in [0.2, 0.25) is 0 Å². The zero-order chi connectivity index (χ0) is 21.1. The fourth-order valence-electron chi connectivity index (χ4n) is 2.36. The average molecular weight is 403 g/mol. The van der Waals surface area contributed by atoms with Crippen molar-refractivity contribution in [3.63, 3.8) is 0 Å². The number of hydrogen-bond acceptors (Lipinski definition) is 3. The van der Waals surface area contributed by atoms with Gasteiger partial charge in [-0.15, -0.1) is 0 Å². The number of carbonyl (C=O) groups is 2. The van der Waals surface area contributed by atoms with Crippen LogP contribution in [-0.2, 0) is 14.3 Å². The lowest BCUT2D eigenvalue weighted by atomic mass is 10.0. The summed E-state index contributed by atoms with van der Waals surface area (Å²) in [7, 11) is 0. The normalized spacial score (nSPS) is 13.5. The van der Waals surface area contributed by atoms with E-state index in [-0.39, 0.29) is 6.61 Å². The van der Waals surface area contributed by atoms with Gasteiger partial charge in [-0.25, -0.2) is 4.79 Å². The van der Waals surface area contributed by atoms with E-state index >= 15 is 0 Å². The molecule has 0 saturated carbocycles. The summed E-state index contributed by atoms with van der Waals surface area (Å²) in [6, 6.07) is -1.57. The standard InChI is InChI=1S/C18H30F5NO3/c1-4-5-6-7-8-9-10-11-12-27-15(25)14(13(2)3)24-16(26)17(19,20)18(21,22)23/h13-14H,4-12H2,1-3H3,(H,24,26). The van der Waals surface area contributed by atoms with E-state index in [1.54, 1.807) is 0 Å². The SMILES string of the molecule is CCCCCCCCCCOC(=O)C(NC(=O)C(F)(F)C(F)(F)F)C(C)C. The van der Waals surface area contributed by atoms with Crippen LogP contribution in [0.15, 0.2) is 0 Å². The van der Waals surface area contributed by atoms with Crippen LogP contribution in [0.2, 0.25) is 0 Å². The van der Waals surface area contributed by atoms with E-state index in [0.29, 0.717) is 6.42 Å². The Hall–Kier alpha value is -1.41. The largest absolute Gasteiger partial charge is 0.464 e. The second kappa shape index (κ2) is 12.1. The minimum atomic E-state index is -6.03. The fourth-order valence-corrected chi connectivity index (χ4v) is 2.36. The third-order valence-electron chi connectivity index (χ3n) is 4.09. The maximum absolute atomic E-state index is 13.0. The summed E-state index contributed by atoms with van der Waals surface area (Å²) in [5.74, 6) is -9.85. The summed E-state index contributed by atoms with van der Waals surface area (Å²) in [4.78, 5) is 23.2. The van der Waals surface area contributed by atoms with Crippen molar-refractivity contribution >= 4 is 11.9 Å². The molecule has 0 aliphatic rings. The van der Waals surface area contributed by atoms with Crippen molar-refractivity contribution in [1.29, 1.82) is 0 Å². The van der Waals surface area contributed by atoms with Gasteiger partial charge in [-0.1, -0.05) is 65.7 Å². The number of esters is 1. The van der Waals surface area contributed by atoms with Gasteiger partial charge in [-0.2, -0.15) is 22.0 Å². The quantitative estimate of drug-likeness (QED) is 0.267. The molecule has 0 radical (unpaired) electrons. The maximum Gasteiger partial charge on any atom is 0.463 e. The Labute approximate surface area is 157 Å². The van der Waals surface area contributed by atoms with Crippen LogP contribution in [0, 0.1) is 5.92 Å². The van der Waals surface area contributed by atoms with Gasteiger partial charge in [0.05, 0.1) is 6.61 Å². The highest BCUT2D eigenvalue weighted by Gasteiger charge is 2.63. The highest BCUT2D eigenvalue weighted by molar-refractivity contribution is 5.89. The third-order valence-corrected chi connectivity index (χ3v) is 4.09. The smallest absolute Gasteiger partial charge is 0.463 e. The van der Waals surface area contributed by atoms with E-state index in [9.17, 15) is 31.5 Å². The number of unbranched alkanes of at least 4 members (excludes halogenated alkanes) is 7. The number of carbonyl (C=O) groups excluding carboxylic acids is 2. The number of nitrogens with one attached hydrogen (secondary N) is 1. The Balaban J connectivity index is 4.32. The average Bonchev–Trinajstić information content (AvgIpc) is 2.56. The molecule has 0 heterocycles. The second-order valence-electron chi connectivity index (χ2n) is 6.91. The summed E-state index contributed by atoms with van der Waals surface area (Å²) in [6.07, 6.45) is 2.10. The topological polar surface area (TPSA) is 55.4 Å². The summed E-state index contributed by atoms with van der Waals surface area (Å²) in [5, 5.41) is 1.46. The summed E-state index contributed by atoms with van der Waals surface area (Å²) in [5.41, 5.74) is 0. The minimum Gasteiger partial charge on any atom is -0.464 e. The molecule has 1 amide bonds. The molecule has 1 unspecified atom stereocenters.